The Morgan fingerprint density at radius 3 is 2.12 bits per heavy atom. The maximum absolute atomic E-state index is 11.1. The molecule has 0 aromatic heterocycles. The standard InChI is InChI=1S/C18H21N3O3S/c19-17-11-12-18(16-6-4-2-1-3-5-15(16)17)21-20-13-7-9-14(10-8-13)25(22,23)24/h7-12H,1-6,19H2,(H,22,23,24). The summed E-state index contributed by atoms with van der Waals surface area (Å²) in [6.07, 6.45) is 6.59. The van der Waals surface area contributed by atoms with Crippen LogP contribution in [0.4, 0.5) is 17.1 Å². The van der Waals surface area contributed by atoms with Gasteiger partial charge in [0, 0.05) is 5.69 Å². The largest absolute Gasteiger partial charge is 0.398 e. The fourth-order valence-corrected chi connectivity index (χ4v) is 3.60. The van der Waals surface area contributed by atoms with Crippen molar-refractivity contribution in [1.82, 2.24) is 0 Å². The van der Waals surface area contributed by atoms with E-state index < -0.39 is 10.1 Å². The second-order valence-electron chi connectivity index (χ2n) is 6.21. The molecule has 2 aromatic carbocycles. The molecule has 3 N–H and O–H groups in total. The first-order chi connectivity index (χ1) is 11.9. The predicted octanol–water partition coefficient (Wildman–Crippen LogP) is 4.59. The average molecular weight is 359 g/mol. The molecule has 7 heteroatoms. The van der Waals surface area contributed by atoms with Crippen LogP contribution in [-0.4, -0.2) is 13.0 Å². The molecular weight excluding hydrogens is 338 g/mol. The minimum Gasteiger partial charge on any atom is -0.398 e. The van der Waals surface area contributed by atoms with E-state index in [1.807, 2.05) is 12.1 Å². The third-order valence-electron chi connectivity index (χ3n) is 4.45. The van der Waals surface area contributed by atoms with Crippen molar-refractivity contribution >= 4 is 27.2 Å². The van der Waals surface area contributed by atoms with Gasteiger partial charge in [-0.05, 0) is 73.2 Å². The van der Waals surface area contributed by atoms with Crippen molar-refractivity contribution in [2.45, 2.75) is 43.4 Å². The first-order valence-electron chi connectivity index (χ1n) is 8.35. The molecule has 25 heavy (non-hydrogen) atoms. The lowest BCUT2D eigenvalue weighted by Crippen LogP contribution is -2.04. The molecule has 3 rings (SSSR count). The number of rotatable bonds is 3. The van der Waals surface area contributed by atoms with Crippen LogP contribution in [0.25, 0.3) is 0 Å². The number of nitrogens with two attached hydrogens (primary N) is 1. The summed E-state index contributed by atoms with van der Waals surface area (Å²) in [6, 6.07) is 9.37. The molecule has 0 heterocycles. The van der Waals surface area contributed by atoms with Gasteiger partial charge in [-0.3, -0.25) is 4.55 Å². The molecule has 0 radical (unpaired) electrons. The van der Waals surface area contributed by atoms with Crippen LogP contribution in [0.3, 0.4) is 0 Å². The van der Waals surface area contributed by atoms with Gasteiger partial charge in [-0.15, -0.1) is 0 Å². The fourth-order valence-electron chi connectivity index (χ4n) is 3.12. The molecule has 0 bridgehead atoms. The van der Waals surface area contributed by atoms with E-state index in [1.54, 1.807) is 0 Å². The zero-order chi connectivity index (χ0) is 17.9. The van der Waals surface area contributed by atoms with Gasteiger partial charge in [-0.25, -0.2) is 0 Å². The Morgan fingerprint density at radius 2 is 1.48 bits per heavy atom. The van der Waals surface area contributed by atoms with Gasteiger partial charge in [0.05, 0.1) is 16.3 Å². The van der Waals surface area contributed by atoms with Crippen molar-refractivity contribution in [2.24, 2.45) is 10.2 Å². The molecule has 0 aliphatic heterocycles. The van der Waals surface area contributed by atoms with Crippen LogP contribution in [0.15, 0.2) is 51.5 Å². The summed E-state index contributed by atoms with van der Waals surface area (Å²) in [5.74, 6) is 0. The van der Waals surface area contributed by atoms with Crippen molar-refractivity contribution < 1.29 is 13.0 Å². The van der Waals surface area contributed by atoms with Crippen molar-refractivity contribution in [2.75, 3.05) is 5.73 Å². The Bertz CT molecular complexity index is 891. The third kappa shape index (κ3) is 4.24. The van der Waals surface area contributed by atoms with Gasteiger partial charge in [0.15, 0.2) is 0 Å². The van der Waals surface area contributed by atoms with Gasteiger partial charge >= 0.3 is 0 Å². The van der Waals surface area contributed by atoms with Crippen molar-refractivity contribution in [3.8, 4) is 0 Å². The summed E-state index contributed by atoms with van der Waals surface area (Å²) in [5, 5.41) is 8.55. The normalized spacial score (nSPS) is 15.6. The van der Waals surface area contributed by atoms with E-state index in [9.17, 15) is 8.42 Å². The first kappa shape index (κ1) is 17.6. The molecule has 0 amide bonds. The number of anilines is 1. The molecule has 0 fully saturated rings. The highest BCUT2D eigenvalue weighted by Crippen LogP contribution is 2.33. The zero-order valence-electron chi connectivity index (χ0n) is 13.9. The minimum absolute atomic E-state index is 0.163. The van der Waals surface area contributed by atoms with E-state index in [1.165, 1.54) is 42.7 Å². The van der Waals surface area contributed by atoms with Crippen LogP contribution in [0.2, 0.25) is 0 Å². The summed E-state index contributed by atoms with van der Waals surface area (Å²) in [6.45, 7) is 0. The van der Waals surface area contributed by atoms with Gasteiger partial charge in [0.2, 0.25) is 0 Å². The lowest BCUT2D eigenvalue weighted by atomic mass is 9.91. The smallest absolute Gasteiger partial charge is 0.294 e. The molecule has 0 saturated carbocycles. The summed E-state index contributed by atoms with van der Waals surface area (Å²) in [5.41, 5.74) is 10.6. The van der Waals surface area contributed by atoms with Crippen molar-refractivity contribution in [3.63, 3.8) is 0 Å². The van der Waals surface area contributed by atoms with E-state index in [0.29, 0.717) is 5.69 Å². The maximum atomic E-state index is 11.1. The summed E-state index contributed by atoms with van der Waals surface area (Å²) >= 11 is 0. The van der Waals surface area contributed by atoms with Gasteiger partial charge in [-0.1, -0.05) is 12.8 Å². The topological polar surface area (TPSA) is 105 Å². The number of hydrogen-bond donors (Lipinski definition) is 2. The van der Waals surface area contributed by atoms with Crippen LogP contribution < -0.4 is 5.73 Å². The van der Waals surface area contributed by atoms with E-state index in [0.717, 1.165) is 42.6 Å². The average Bonchev–Trinajstić information content (AvgIpc) is 2.54. The SMILES string of the molecule is Nc1ccc(N=Nc2ccc(S(=O)(=O)O)cc2)c2c1CCCCCC2. The molecule has 1 aliphatic rings. The number of nitrogen functional groups attached to an aromatic ring is 1. The van der Waals surface area contributed by atoms with Crippen LogP contribution >= 0.6 is 0 Å². The monoisotopic (exact) mass is 359 g/mol. The van der Waals surface area contributed by atoms with Crippen LogP contribution in [-0.2, 0) is 23.0 Å². The molecule has 132 valence electrons. The molecule has 0 saturated heterocycles. The number of benzene rings is 2. The van der Waals surface area contributed by atoms with Crippen molar-refractivity contribution in [1.29, 1.82) is 0 Å². The molecule has 6 nitrogen and oxygen atoms in total. The molecular formula is C18H21N3O3S. The molecule has 0 atom stereocenters. The van der Waals surface area contributed by atoms with E-state index in [4.69, 9.17) is 10.3 Å². The van der Waals surface area contributed by atoms with Gasteiger partial charge in [0.1, 0.15) is 0 Å². The molecule has 1 aliphatic carbocycles. The Kier molecular flexibility index (Phi) is 5.15. The van der Waals surface area contributed by atoms with Crippen LogP contribution in [0, 0.1) is 0 Å². The number of azo groups is 1. The Hall–Kier alpha value is -2.25. The summed E-state index contributed by atoms with van der Waals surface area (Å²) in [4.78, 5) is -0.163. The summed E-state index contributed by atoms with van der Waals surface area (Å²) in [7, 11) is -4.20. The van der Waals surface area contributed by atoms with E-state index in [-0.39, 0.29) is 4.90 Å². The molecule has 2 aromatic rings. The Balaban J connectivity index is 1.89. The highest BCUT2D eigenvalue weighted by Gasteiger charge is 2.14. The fraction of sp³-hybridized carbons (Fsp3) is 0.333. The van der Waals surface area contributed by atoms with E-state index in [2.05, 4.69) is 10.2 Å². The maximum Gasteiger partial charge on any atom is 0.294 e. The second-order valence-corrected chi connectivity index (χ2v) is 7.64. The van der Waals surface area contributed by atoms with Gasteiger partial charge in [-0.2, -0.15) is 18.6 Å². The molecule has 0 spiro atoms. The van der Waals surface area contributed by atoms with Crippen molar-refractivity contribution in [3.05, 3.63) is 47.5 Å². The van der Waals surface area contributed by atoms with E-state index >= 15 is 0 Å². The zero-order valence-corrected chi connectivity index (χ0v) is 14.7. The minimum atomic E-state index is -4.20. The summed E-state index contributed by atoms with van der Waals surface area (Å²) < 4.78 is 31.1. The number of hydrogen-bond acceptors (Lipinski definition) is 5. The van der Waals surface area contributed by atoms with Crippen LogP contribution in [0.5, 0.6) is 0 Å². The lowest BCUT2D eigenvalue weighted by Gasteiger charge is -2.17. The predicted molar refractivity (Wildman–Crippen MR) is 97.2 cm³/mol. The number of fused-ring (bicyclic) bond motifs is 1. The highest BCUT2D eigenvalue weighted by molar-refractivity contribution is 7.85. The third-order valence-corrected chi connectivity index (χ3v) is 5.32. The highest BCUT2D eigenvalue weighted by atomic mass is 32.2. The Labute approximate surface area is 147 Å². The van der Waals surface area contributed by atoms with Gasteiger partial charge in [0.25, 0.3) is 10.1 Å². The van der Waals surface area contributed by atoms with Crippen LogP contribution in [0.1, 0.15) is 36.8 Å². The quantitative estimate of drug-likeness (QED) is 0.475. The lowest BCUT2D eigenvalue weighted by molar-refractivity contribution is 0.483. The first-order valence-corrected chi connectivity index (χ1v) is 9.79. The van der Waals surface area contributed by atoms with Gasteiger partial charge < -0.3 is 5.73 Å². The molecule has 0 unspecified atom stereocenters. The second kappa shape index (κ2) is 7.33. The Morgan fingerprint density at radius 1 is 0.840 bits per heavy atom. The number of nitrogens with zero attached hydrogens (tertiary/aromatic N) is 2.